The Labute approximate surface area is 127 Å². The second-order valence-corrected chi connectivity index (χ2v) is 5.39. The van der Waals surface area contributed by atoms with E-state index in [-0.39, 0.29) is 0 Å². The zero-order valence-corrected chi connectivity index (χ0v) is 12.5. The average Bonchev–Trinajstić information content (AvgIpc) is 2.90. The van der Waals surface area contributed by atoms with E-state index in [1.54, 1.807) is 4.68 Å². The molecule has 106 valence electrons. The van der Waals surface area contributed by atoms with Crippen molar-refractivity contribution in [3.8, 4) is 17.1 Å². The molecule has 0 fully saturated rings. The summed E-state index contributed by atoms with van der Waals surface area (Å²) in [5, 5.41) is 12.6. The number of nitrogens with zero attached hydrogens (tertiary/aromatic N) is 4. The molecule has 0 aliphatic carbocycles. The lowest BCUT2D eigenvalue weighted by molar-refractivity contribution is 0.791. The molecule has 1 aromatic heterocycles. The van der Waals surface area contributed by atoms with E-state index in [2.05, 4.69) is 15.5 Å². The second kappa shape index (κ2) is 5.18. The molecule has 0 bridgehead atoms. The molecule has 0 aliphatic rings. The van der Waals surface area contributed by atoms with Crippen molar-refractivity contribution in [1.29, 1.82) is 0 Å². The number of aromatic nitrogens is 4. The van der Waals surface area contributed by atoms with Gasteiger partial charge in [-0.25, -0.2) is 0 Å². The van der Waals surface area contributed by atoms with Crippen molar-refractivity contribution < 1.29 is 0 Å². The van der Waals surface area contributed by atoms with Gasteiger partial charge < -0.3 is 5.73 Å². The highest BCUT2D eigenvalue weighted by molar-refractivity contribution is 6.31. The maximum Gasteiger partial charge on any atom is 0.187 e. The molecule has 0 spiro atoms. The molecule has 2 N–H and O–H groups in total. The average molecular weight is 300 g/mol. The van der Waals surface area contributed by atoms with Gasteiger partial charge in [-0.05, 0) is 65.7 Å². The Morgan fingerprint density at radius 3 is 2.62 bits per heavy atom. The number of nitrogens with two attached hydrogens (primary N) is 1. The third-order valence-electron chi connectivity index (χ3n) is 3.23. The molecular formula is C15H14ClN5. The van der Waals surface area contributed by atoms with Crippen molar-refractivity contribution in [2.24, 2.45) is 0 Å². The third kappa shape index (κ3) is 2.60. The molecular weight excluding hydrogens is 286 g/mol. The first kappa shape index (κ1) is 13.6. The fourth-order valence-corrected chi connectivity index (χ4v) is 2.37. The molecule has 0 unspecified atom stereocenters. The van der Waals surface area contributed by atoms with Gasteiger partial charge in [-0.2, -0.15) is 4.68 Å². The summed E-state index contributed by atoms with van der Waals surface area (Å²) in [6.45, 7) is 3.94. The molecule has 21 heavy (non-hydrogen) atoms. The number of nitrogen functional groups attached to an aromatic ring is 1. The largest absolute Gasteiger partial charge is 0.399 e. The minimum absolute atomic E-state index is 0.630. The standard InChI is InChI=1S/C15H14ClN5/c1-9-5-11(7-12(17)6-9)15-18-19-20-21(15)13-4-3-10(2)14(16)8-13/h3-8H,17H2,1-2H3. The summed E-state index contributed by atoms with van der Waals surface area (Å²) in [6.07, 6.45) is 0. The summed E-state index contributed by atoms with van der Waals surface area (Å²) in [7, 11) is 0. The highest BCUT2D eigenvalue weighted by Gasteiger charge is 2.12. The lowest BCUT2D eigenvalue weighted by Crippen LogP contribution is -2.01. The van der Waals surface area contributed by atoms with E-state index in [1.807, 2.05) is 50.2 Å². The Hall–Kier alpha value is -2.40. The predicted octanol–water partition coefficient (Wildman–Crippen LogP) is 3.18. The Balaban J connectivity index is 2.14. The van der Waals surface area contributed by atoms with Crippen LogP contribution in [0.3, 0.4) is 0 Å². The lowest BCUT2D eigenvalue weighted by atomic mass is 10.1. The molecule has 3 aromatic rings. The van der Waals surface area contributed by atoms with E-state index in [0.717, 1.165) is 22.4 Å². The number of hydrogen-bond donors (Lipinski definition) is 1. The van der Waals surface area contributed by atoms with Crippen molar-refractivity contribution in [2.45, 2.75) is 13.8 Å². The van der Waals surface area contributed by atoms with Gasteiger partial charge in [-0.3, -0.25) is 0 Å². The van der Waals surface area contributed by atoms with Crippen LogP contribution in [-0.2, 0) is 0 Å². The molecule has 0 saturated carbocycles. The third-order valence-corrected chi connectivity index (χ3v) is 3.63. The first-order valence-corrected chi connectivity index (χ1v) is 6.85. The summed E-state index contributed by atoms with van der Waals surface area (Å²) in [6, 6.07) is 11.5. The Kier molecular flexibility index (Phi) is 3.35. The van der Waals surface area contributed by atoms with Crippen LogP contribution in [0.4, 0.5) is 5.69 Å². The van der Waals surface area contributed by atoms with Crippen molar-refractivity contribution in [3.63, 3.8) is 0 Å². The van der Waals surface area contributed by atoms with Gasteiger partial charge in [0, 0.05) is 16.3 Å². The molecule has 0 amide bonds. The predicted molar refractivity (Wildman–Crippen MR) is 83.5 cm³/mol. The van der Waals surface area contributed by atoms with Gasteiger partial charge in [-0.1, -0.05) is 17.7 Å². The number of hydrogen-bond acceptors (Lipinski definition) is 4. The highest BCUT2D eigenvalue weighted by atomic mass is 35.5. The fourth-order valence-electron chi connectivity index (χ4n) is 2.20. The molecule has 0 saturated heterocycles. The van der Waals surface area contributed by atoms with Crippen molar-refractivity contribution in [2.75, 3.05) is 5.73 Å². The molecule has 3 rings (SSSR count). The van der Waals surface area contributed by atoms with Gasteiger partial charge in [-0.15, -0.1) is 5.10 Å². The number of aryl methyl sites for hydroxylation is 2. The Morgan fingerprint density at radius 2 is 1.90 bits per heavy atom. The lowest BCUT2D eigenvalue weighted by Gasteiger charge is -2.07. The normalized spacial score (nSPS) is 10.8. The summed E-state index contributed by atoms with van der Waals surface area (Å²) in [5.74, 6) is 0.630. The minimum Gasteiger partial charge on any atom is -0.399 e. The van der Waals surface area contributed by atoms with Gasteiger partial charge >= 0.3 is 0 Å². The number of rotatable bonds is 2. The Bertz CT molecular complexity index is 789. The van der Waals surface area contributed by atoms with Gasteiger partial charge in [0.05, 0.1) is 5.69 Å². The molecule has 0 aliphatic heterocycles. The van der Waals surface area contributed by atoms with E-state index in [1.165, 1.54) is 0 Å². The van der Waals surface area contributed by atoms with Crippen LogP contribution in [0.1, 0.15) is 11.1 Å². The SMILES string of the molecule is Cc1cc(N)cc(-c2nnnn2-c2ccc(C)c(Cl)c2)c1. The zero-order chi connectivity index (χ0) is 15.0. The number of halogens is 1. The van der Waals surface area contributed by atoms with Crippen LogP contribution in [0.15, 0.2) is 36.4 Å². The van der Waals surface area contributed by atoms with Gasteiger partial charge in [0.1, 0.15) is 0 Å². The van der Waals surface area contributed by atoms with Gasteiger partial charge in [0.25, 0.3) is 0 Å². The quantitative estimate of drug-likeness (QED) is 0.738. The van der Waals surface area contributed by atoms with Crippen LogP contribution >= 0.6 is 11.6 Å². The van der Waals surface area contributed by atoms with Crippen molar-refractivity contribution in [3.05, 3.63) is 52.5 Å². The minimum atomic E-state index is 0.630. The van der Waals surface area contributed by atoms with Crippen LogP contribution in [0.25, 0.3) is 17.1 Å². The van der Waals surface area contributed by atoms with E-state index in [9.17, 15) is 0 Å². The summed E-state index contributed by atoms with van der Waals surface area (Å²) < 4.78 is 1.65. The number of anilines is 1. The second-order valence-electron chi connectivity index (χ2n) is 4.98. The van der Waals surface area contributed by atoms with E-state index < -0.39 is 0 Å². The molecule has 0 radical (unpaired) electrons. The van der Waals surface area contributed by atoms with E-state index >= 15 is 0 Å². The summed E-state index contributed by atoms with van der Waals surface area (Å²) >= 11 is 6.18. The van der Waals surface area contributed by atoms with Crippen molar-refractivity contribution >= 4 is 17.3 Å². The van der Waals surface area contributed by atoms with Crippen LogP contribution in [0.5, 0.6) is 0 Å². The first-order valence-electron chi connectivity index (χ1n) is 6.47. The number of tetrazole rings is 1. The van der Waals surface area contributed by atoms with Crippen LogP contribution in [0, 0.1) is 13.8 Å². The van der Waals surface area contributed by atoms with Gasteiger partial charge in [0.15, 0.2) is 5.82 Å². The van der Waals surface area contributed by atoms with Crippen LogP contribution in [0.2, 0.25) is 5.02 Å². The monoisotopic (exact) mass is 299 g/mol. The first-order chi connectivity index (χ1) is 10.0. The van der Waals surface area contributed by atoms with Crippen molar-refractivity contribution in [1.82, 2.24) is 20.2 Å². The molecule has 6 heteroatoms. The fraction of sp³-hybridized carbons (Fsp3) is 0.133. The van der Waals surface area contributed by atoms with Gasteiger partial charge in [0.2, 0.25) is 0 Å². The molecule has 5 nitrogen and oxygen atoms in total. The molecule has 1 heterocycles. The van der Waals surface area contributed by atoms with E-state index in [4.69, 9.17) is 17.3 Å². The molecule has 0 atom stereocenters. The Morgan fingerprint density at radius 1 is 1.10 bits per heavy atom. The van der Waals surface area contributed by atoms with Crippen LogP contribution < -0.4 is 5.73 Å². The maximum atomic E-state index is 6.18. The zero-order valence-electron chi connectivity index (χ0n) is 11.7. The summed E-state index contributed by atoms with van der Waals surface area (Å²) in [4.78, 5) is 0. The molecule has 2 aromatic carbocycles. The smallest absolute Gasteiger partial charge is 0.187 e. The summed E-state index contributed by atoms with van der Waals surface area (Å²) in [5.41, 5.74) is 10.3. The maximum absolute atomic E-state index is 6.18. The van der Waals surface area contributed by atoms with Crippen LogP contribution in [-0.4, -0.2) is 20.2 Å². The number of benzene rings is 2. The topological polar surface area (TPSA) is 69.6 Å². The highest BCUT2D eigenvalue weighted by Crippen LogP contribution is 2.25. The van der Waals surface area contributed by atoms with E-state index in [0.29, 0.717) is 16.5 Å².